The van der Waals surface area contributed by atoms with Crippen LogP contribution in [0.15, 0.2) is 18.2 Å². The number of aryl methyl sites for hydroxylation is 1. The van der Waals surface area contributed by atoms with Crippen LogP contribution < -0.4 is 15.4 Å². The van der Waals surface area contributed by atoms with Gasteiger partial charge in [0.2, 0.25) is 0 Å². The SMILES string of the molecule is COc1ccc(C)cc1C(C)NC1CCNCC1C. The van der Waals surface area contributed by atoms with Crippen molar-refractivity contribution >= 4 is 0 Å². The number of rotatable bonds is 4. The van der Waals surface area contributed by atoms with E-state index in [9.17, 15) is 0 Å². The molecule has 0 amide bonds. The highest BCUT2D eigenvalue weighted by Gasteiger charge is 2.23. The summed E-state index contributed by atoms with van der Waals surface area (Å²) in [5.74, 6) is 1.65. The first kappa shape index (κ1) is 14.4. The van der Waals surface area contributed by atoms with Crippen molar-refractivity contribution in [1.82, 2.24) is 10.6 Å². The third-order valence-electron chi connectivity index (χ3n) is 4.10. The molecule has 3 atom stereocenters. The Labute approximate surface area is 116 Å². The normalized spacial score (nSPS) is 25.1. The molecule has 0 bridgehead atoms. The Morgan fingerprint density at radius 1 is 1.42 bits per heavy atom. The topological polar surface area (TPSA) is 33.3 Å². The number of methoxy groups -OCH3 is 1. The van der Waals surface area contributed by atoms with E-state index in [4.69, 9.17) is 4.74 Å². The van der Waals surface area contributed by atoms with Crippen LogP contribution in [0.1, 0.15) is 37.4 Å². The van der Waals surface area contributed by atoms with E-state index in [1.165, 1.54) is 17.5 Å². The van der Waals surface area contributed by atoms with Crippen molar-refractivity contribution in [3.63, 3.8) is 0 Å². The van der Waals surface area contributed by atoms with Crippen LogP contribution in [0, 0.1) is 12.8 Å². The highest BCUT2D eigenvalue weighted by atomic mass is 16.5. The zero-order valence-corrected chi connectivity index (χ0v) is 12.5. The molecule has 0 radical (unpaired) electrons. The lowest BCUT2D eigenvalue weighted by atomic mass is 9.93. The van der Waals surface area contributed by atoms with Gasteiger partial charge in [0.05, 0.1) is 7.11 Å². The van der Waals surface area contributed by atoms with E-state index in [0.29, 0.717) is 18.0 Å². The fraction of sp³-hybridized carbons (Fsp3) is 0.625. The van der Waals surface area contributed by atoms with Crippen LogP contribution in [0.2, 0.25) is 0 Å². The van der Waals surface area contributed by atoms with Crippen LogP contribution >= 0.6 is 0 Å². The fourth-order valence-corrected chi connectivity index (χ4v) is 2.86. The molecule has 2 N–H and O–H groups in total. The Balaban J connectivity index is 2.10. The van der Waals surface area contributed by atoms with E-state index in [1.54, 1.807) is 7.11 Å². The highest BCUT2D eigenvalue weighted by Crippen LogP contribution is 2.27. The van der Waals surface area contributed by atoms with Crippen molar-refractivity contribution in [2.75, 3.05) is 20.2 Å². The van der Waals surface area contributed by atoms with Crippen molar-refractivity contribution in [2.45, 2.75) is 39.3 Å². The predicted molar refractivity (Wildman–Crippen MR) is 79.7 cm³/mol. The first-order chi connectivity index (χ1) is 9.11. The lowest BCUT2D eigenvalue weighted by Gasteiger charge is -2.33. The molecule has 1 aliphatic rings. The smallest absolute Gasteiger partial charge is 0.123 e. The van der Waals surface area contributed by atoms with Crippen molar-refractivity contribution in [3.8, 4) is 5.75 Å². The summed E-state index contributed by atoms with van der Waals surface area (Å²) in [6.07, 6.45) is 1.19. The number of piperidine rings is 1. The van der Waals surface area contributed by atoms with Gasteiger partial charge in [-0.25, -0.2) is 0 Å². The van der Waals surface area contributed by atoms with Crippen LogP contribution in [0.25, 0.3) is 0 Å². The van der Waals surface area contributed by atoms with Crippen LogP contribution in [0.3, 0.4) is 0 Å². The first-order valence-electron chi connectivity index (χ1n) is 7.23. The monoisotopic (exact) mass is 262 g/mol. The van der Waals surface area contributed by atoms with E-state index in [2.05, 4.69) is 49.6 Å². The summed E-state index contributed by atoms with van der Waals surface area (Å²) >= 11 is 0. The second-order valence-electron chi connectivity index (χ2n) is 5.71. The first-order valence-corrected chi connectivity index (χ1v) is 7.23. The van der Waals surface area contributed by atoms with E-state index in [1.807, 2.05) is 0 Å². The van der Waals surface area contributed by atoms with Gasteiger partial charge in [-0.2, -0.15) is 0 Å². The molecule has 1 aromatic rings. The fourth-order valence-electron chi connectivity index (χ4n) is 2.86. The molecule has 1 fully saturated rings. The van der Waals surface area contributed by atoms with Gasteiger partial charge in [0.1, 0.15) is 5.75 Å². The molecule has 0 aliphatic carbocycles. The second-order valence-corrected chi connectivity index (χ2v) is 5.71. The summed E-state index contributed by atoms with van der Waals surface area (Å²) < 4.78 is 5.49. The summed E-state index contributed by atoms with van der Waals surface area (Å²) in [5.41, 5.74) is 2.54. The number of hydrogen-bond acceptors (Lipinski definition) is 3. The summed E-state index contributed by atoms with van der Waals surface area (Å²) in [6, 6.07) is 7.29. The standard InChI is InChI=1S/C16H26N2O/c1-11-5-6-16(19-4)14(9-11)13(3)18-15-7-8-17-10-12(15)2/h5-6,9,12-13,15,17-18H,7-8,10H2,1-4H3. The lowest BCUT2D eigenvalue weighted by molar-refractivity contribution is 0.275. The molecule has 1 saturated heterocycles. The zero-order valence-electron chi connectivity index (χ0n) is 12.5. The second kappa shape index (κ2) is 6.40. The molecular formula is C16H26N2O. The van der Waals surface area contributed by atoms with E-state index < -0.39 is 0 Å². The van der Waals surface area contributed by atoms with Gasteiger partial charge in [-0.1, -0.05) is 24.6 Å². The molecule has 0 saturated carbocycles. The Morgan fingerprint density at radius 3 is 2.89 bits per heavy atom. The minimum atomic E-state index is 0.320. The maximum absolute atomic E-state index is 5.49. The summed E-state index contributed by atoms with van der Waals surface area (Å²) in [7, 11) is 1.74. The Hall–Kier alpha value is -1.06. The van der Waals surface area contributed by atoms with Gasteiger partial charge in [0.15, 0.2) is 0 Å². The summed E-state index contributed by atoms with van der Waals surface area (Å²) in [5, 5.41) is 7.21. The Kier molecular flexibility index (Phi) is 4.83. The van der Waals surface area contributed by atoms with Gasteiger partial charge in [0, 0.05) is 17.6 Å². The third-order valence-corrected chi connectivity index (χ3v) is 4.10. The Bertz CT molecular complexity index is 419. The van der Waals surface area contributed by atoms with Gasteiger partial charge in [-0.05, 0) is 45.3 Å². The van der Waals surface area contributed by atoms with E-state index in [0.717, 1.165) is 18.8 Å². The molecular weight excluding hydrogens is 236 g/mol. The maximum Gasteiger partial charge on any atom is 0.123 e. The van der Waals surface area contributed by atoms with Gasteiger partial charge >= 0.3 is 0 Å². The van der Waals surface area contributed by atoms with Crippen molar-refractivity contribution < 1.29 is 4.74 Å². The molecule has 106 valence electrons. The molecule has 19 heavy (non-hydrogen) atoms. The predicted octanol–water partition coefficient (Wildman–Crippen LogP) is 2.65. The largest absolute Gasteiger partial charge is 0.496 e. The zero-order chi connectivity index (χ0) is 13.8. The third kappa shape index (κ3) is 3.48. The molecule has 1 aromatic carbocycles. The molecule has 3 heteroatoms. The summed E-state index contributed by atoms with van der Waals surface area (Å²) in [4.78, 5) is 0. The highest BCUT2D eigenvalue weighted by molar-refractivity contribution is 5.38. The maximum atomic E-state index is 5.49. The summed E-state index contributed by atoms with van der Waals surface area (Å²) in [6.45, 7) is 8.88. The number of benzene rings is 1. The van der Waals surface area contributed by atoms with Crippen LogP contribution in [-0.4, -0.2) is 26.2 Å². The van der Waals surface area contributed by atoms with Crippen LogP contribution in [-0.2, 0) is 0 Å². The van der Waals surface area contributed by atoms with Crippen molar-refractivity contribution in [2.24, 2.45) is 5.92 Å². The van der Waals surface area contributed by atoms with Crippen molar-refractivity contribution in [1.29, 1.82) is 0 Å². The quantitative estimate of drug-likeness (QED) is 0.875. The molecule has 3 unspecified atom stereocenters. The number of nitrogens with one attached hydrogen (secondary N) is 2. The number of hydrogen-bond donors (Lipinski definition) is 2. The van der Waals surface area contributed by atoms with Crippen LogP contribution in [0.5, 0.6) is 5.75 Å². The van der Waals surface area contributed by atoms with Crippen molar-refractivity contribution in [3.05, 3.63) is 29.3 Å². The lowest BCUT2D eigenvalue weighted by Crippen LogP contribution is -2.47. The average molecular weight is 262 g/mol. The van der Waals surface area contributed by atoms with Gasteiger partial charge in [0.25, 0.3) is 0 Å². The van der Waals surface area contributed by atoms with E-state index in [-0.39, 0.29) is 0 Å². The molecule has 1 heterocycles. The molecule has 0 spiro atoms. The minimum absolute atomic E-state index is 0.320. The molecule has 0 aromatic heterocycles. The minimum Gasteiger partial charge on any atom is -0.496 e. The van der Waals surface area contributed by atoms with Gasteiger partial charge in [-0.15, -0.1) is 0 Å². The number of ether oxygens (including phenoxy) is 1. The molecule has 1 aliphatic heterocycles. The van der Waals surface area contributed by atoms with Gasteiger partial charge in [-0.3, -0.25) is 0 Å². The molecule has 2 rings (SSSR count). The van der Waals surface area contributed by atoms with Crippen LogP contribution in [0.4, 0.5) is 0 Å². The Morgan fingerprint density at radius 2 is 2.21 bits per heavy atom. The van der Waals surface area contributed by atoms with E-state index >= 15 is 0 Å². The molecule has 3 nitrogen and oxygen atoms in total. The average Bonchev–Trinajstić information content (AvgIpc) is 2.41. The van der Waals surface area contributed by atoms with Gasteiger partial charge < -0.3 is 15.4 Å².